The zero-order valence-electron chi connectivity index (χ0n) is 14.6. The number of nitrogens with zero attached hydrogens (tertiary/aromatic N) is 4. The topological polar surface area (TPSA) is 63.1 Å². The lowest BCUT2D eigenvalue weighted by Crippen LogP contribution is -2.34. The molecule has 0 bridgehead atoms. The highest BCUT2D eigenvalue weighted by atomic mass is 16.2. The van der Waals surface area contributed by atoms with Gasteiger partial charge in [0.15, 0.2) is 0 Å². The Morgan fingerprint density at radius 1 is 1.42 bits per heavy atom. The van der Waals surface area contributed by atoms with Gasteiger partial charge < -0.3 is 5.32 Å². The van der Waals surface area contributed by atoms with Crippen molar-refractivity contribution in [1.29, 1.82) is 0 Å². The average Bonchev–Trinajstić information content (AvgIpc) is 3.08. The number of hydrogen-bond donors (Lipinski definition) is 1. The van der Waals surface area contributed by atoms with Crippen LogP contribution in [-0.4, -0.2) is 45.7 Å². The largest absolute Gasteiger partial charge is 0.354 e. The molecule has 1 aliphatic rings. The fourth-order valence-corrected chi connectivity index (χ4v) is 3.59. The van der Waals surface area contributed by atoms with Crippen LogP contribution >= 0.6 is 0 Å². The van der Waals surface area contributed by atoms with Crippen molar-refractivity contribution in [3.8, 4) is 0 Å². The van der Waals surface area contributed by atoms with Crippen LogP contribution in [0.3, 0.4) is 0 Å². The minimum Gasteiger partial charge on any atom is -0.354 e. The molecule has 3 rings (SSSR count). The van der Waals surface area contributed by atoms with E-state index in [9.17, 15) is 4.79 Å². The molecule has 0 saturated carbocycles. The van der Waals surface area contributed by atoms with Crippen molar-refractivity contribution in [3.63, 3.8) is 0 Å². The maximum absolute atomic E-state index is 12.3. The van der Waals surface area contributed by atoms with Gasteiger partial charge in [0, 0.05) is 30.7 Å². The molecule has 0 spiro atoms. The Labute approximate surface area is 142 Å². The maximum Gasteiger partial charge on any atom is 0.241 e. The average molecular weight is 327 g/mol. The van der Waals surface area contributed by atoms with E-state index >= 15 is 0 Å². The normalized spacial score (nSPS) is 21.1. The minimum atomic E-state index is 0.0145. The van der Waals surface area contributed by atoms with Gasteiger partial charge in [-0.05, 0) is 57.5 Å². The van der Waals surface area contributed by atoms with E-state index in [2.05, 4.69) is 33.4 Å². The minimum absolute atomic E-state index is 0.0145. The number of nitrogens with one attached hydrogen (secondary N) is 1. The van der Waals surface area contributed by atoms with E-state index in [1.165, 1.54) is 5.56 Å². The highest BCUT2D eigenvalue weighted by Gasteiger charge is 2.33. The second-order valence-corrected chi connectivity index (χ2v) is 6.65. The molecule has 0 aromatic carbocycles. The standard InChI is InChI=1S/C18H25N5O/c1-13-9-14(2)23(21-13)12-17(24)20-11-16-6-8-22(3)18(16)15-5-4-7-19-10-15/h4-5,7,9-10,16,18H,6,8,11-12H2,1-3H3,(H,20,24)/t16-,18-/m0/s1. The van der Waals surface area contributed by atoms with Gasteiger partial charge in [0.25, 0.3) is 0 Å². The summed E-state index contributed by atoms with van der Waals surface area (Å²) in [5.41, 5.74) is 3.17. The second-order valence-electron chi connectivity index (χ2n) is 6.65. The summed E-state index contributed by atoms with van der Waals surface area (Å²) in [6.07, 6.45) is 4.80. The number of pyridine rings is 1. The molecule has 3 heterocycles. The lowest BCUT2D eigenvalue weighted by Gasteiger charge is -2.25. The first kappa shape index (κ1) is 16.6. The molecule has 6 heteroatoms. The molecular formula is C18H25N5O. The van der Waals surface area contributed by atoms with Crippen LogP contribution in [0.15, 0.2) is 30.6 Å². The molecule has 2 aromatic rings. The molecule has 1 aliphatic heterocycles. The van der Waals surface area contributed by atoms with E-state index < -0.39 is 0 Å². The molecule has 6 nitrogen and oxygen atoms in total. The monoisotopic (exact) mass is 327 g/mol. The molecule has 1 amide bonds. The number of aromatic nitrogens is 3. The number of aryl methyl sites for hydroxylation is 2. The number of carbonyl (C=O) groups excluding carboxylic acids is 1. The lowest BCUT2D eigenvalue weighted by atomic mass is 9.95. The van der Waals surface area contributed by atoms with Crippen molar-refractivity contribution in [2.45, 2.75) is 32.9 Å². The van der Waals surface area contributed by atoms with Gasteiger partial charge in [0.05, 0.1) is 5.69 Å². The third-order valence-electron chi connectivity index (χ3n) is 4.76. The van der Waals surface area contributed by atoms with Crippen molar-refractivity contribution in [1.82, 2.24) is 25.0 Å². The Kier molecular flexibility index (Phi) is 4.94. The van der Waals surface area contributed by atoms with Gasteiger partial charge in [-0.2, -0.15) is 5.10 Å². The van der Waals surface area contributed by atoms with Crippen molar-refractivity contribution in [2.75, 3.05) is 20.1 Å². The van der Waals surface area contributed by atoms with E-state index in [-0.39, 0.29) is 12.5 Å². The summed E-state index contributed by atoms with van der Waals surface area (Å²) in [4.78, 5) is 18.8. The summed E-state index contributed by atoms with van der Waals surface area (Å²) in [5, 5.41) is 7.43. The third kappa shape index (κ3) is 3.64. The summed E-state index contributed by atoms with van der Waals surface area (Å²) in [5.74, 6) is 0.421. The number of rotatable bonds is 5. The lowest BCUT2D eigenvalue weighted by molar-refractivity contribution is -0.122. The fraction of sp³-hybridized carbons (Fsp3) is 0.500. The Balaban J connectivity index is 1.59. The Bertz CT molecular complexity index is 697. The van der Waals surface area contributed by atoms with Gasteiger partial charge in [-0.1, -0.05) is 6.07 Å². The molecule has 1 saturated heterocycles. The summed E-state index contributed by atoms with van der Waals surface area (Å²) < 4.78 is 1.75. The third-order valence-corrected chi connectivity index (χ3v) is 4.76. The van der Waals surface area contributed by atoms with E-state index in [1.54, 1.807) is 10.9 Å². The van der Waals surface area contributed by atoms with E-state index in [4.69, 9.17) is 0 Å². The zero-order chi connectivity index (χ0) is 17.1. The van der Waals surface area contributed by atoms with Crippen molar-refractivity contribution in [3.05, 3.63) is 47.5 Å². The highest BCUT2D eigenvalue weighted by molar-refractivity contribution is 5.75. The van der Waals surface area contributed by atoms with E-state index in [0.29, 0.717) is 18.5 Å². The van der Waals surface area contributed by atoms with Crippen LogP contribution in [0.1, 0.15) is 29.4 Å². The molecule has 24 heavy (non-hydrogen) atoms. The molecule has 0 radical (unpaired) electrons. The van der Waals surface area contributed by atoms with Crippen LogP contribution in [0.4, 0.5) is 0 Å². The number of carbonyl (C=O) groups is 1. The van der Waals surface area contributed by atoms with Crippen LogP contribution in [0.2, 0.25) is 0 Å². The molecular weight excluding hydrogens is 302 g/mol. The predicted molar refractivity (Wildman–Crippen MR) is 92.4 cm³/mol. The second kappa shape index (κ2) is 7.13. The van der Waals surface area contributed by atoms with Gasteiger partial charge in [0.1, 0.15) is 6.54 Å². The summed E-state index contributed by atoms with van der Waals surface area (Å²) in [6.45, 7) is 5.91. The highest BCUT2D eigenvalue weighted by Crippen LogP contribution is 2.35. The van der Waals surface area contributed by atoms with E-state index in [0.717, 1.165) is 24.4 Å². The maximum atomic E-state index is 12.3. The van der Waals surface area contributed by atoms with Crippen molar-refractivity contribution >= 4 is 5.91 Å². The number of amides is 1. The molecule has 1 N–H and O–H groups in total. The first-order chi connectivity index (χ1) is 11.5. The quantitative estimate of drug-likeness (QED) is 0.908. The first-order valence-electron chi connectivity index (χ1n) is 8.42. The van der Waals surface area contributed by atoms with E-state index in [1.807, 2.05) is 32.2 Å². The molecule has 2 aromatic heterocycles. The number of likely N-dealkylation sites (tertiary alicyclic amines) is 1. The molecule has 0 aliphatic carbocycles. The summed E-state index contributed by atoms with van der Waals surface area (Å²) >= 11 is 0. The summed E-state index contributed by atoms with van der Waals surface area (Å²) in [6, 6.07) is 6.38. The van der Waals surface area contributed by atoms with Crippen molar-refractivity contribution < 1.29 is 4.79 Å². The van der Waals surface area contributed by atoms with Gasteiger partial charge in [-0.15, -0.1) is 0 Å². The van der Waals surface area contributed by atoms with Crippen LogP contribution in [0.25, 0.3) is 0 Å². The van der Waals surface area contributed by atoms with Crippen molar-refractivity contribution in [2.24, 2.45) is 5.92 Å². The van der Waals surface area contributed by atoms with Gasteiger partial charge in [-0.25, -0.2) is 0 Å². The number of hydrogen-bond acceptors (Lipinski definition) is 4. The first-order valence-corrected chi connectivity index (χ1v) is 8.42. The van der Waals surface area contributed by atoms with Gasteiger partial charge in [-0.3, -0.25) is 19.4 Å². The van der Waals surface area contributed by atoms with Crippen LogP contribution < -0.4 is 5.32 Å². The SMILES string of the molecule is Cc1cc(C)n(CC(=O)NC[C@@H]2CCN(C)[C@H]2c2cccnc2)n1. The van der Waals surface area contributed by atoms with Gasteiger partial charge >= 0.3 is 0 Å². The predicted octanol–water partition coefficient (Wildman–Crippen LogP) is 1.70. The summed E-state index contributed by atoms with van der Waals surface area (Å²) in [7, 11) is 2.13. The fourth-order valence-electron chi connectivity index (χ4n) is 3.59. The molecule has 0 unspecified atom stereocenters. The van der Waals surface area contributed by atoms with Gasteiger partial charge in [0.2, 0.25) is 5.91 Å². The Morgan fingerprint density at radius 2 is 2.25 bits per heavy atom. The molecule has 128 valence electrons. The molecule has 2 atom stereocenters. The Hall–Kier alpha value is -2.21. The zero-order valence-corrected chi connectivity index (χ0v) is 14.6. The van der Waals surface area contributed by atoms with Crippen LogP contribution in [0, 0.1) is 19.8 Å². The Morgan fingerprint density at radius 3 is 2.92 bits per heavy atom. The van der Waals surface area contributed by atoms with Crippen LogP contribution in [0.5, 0.6) is 0 Å². The molecule has 1 fully saturated rings. The van der Waals surface area contributed by atoms with Crippen LogP contribution in [-0.2, 0) is 11.3 Å². The smallest absolute Gasteiger partial charge is 0.241 e.